The standard InChI is InChI=1S/C21H26N2O3/c1-5-14(3)23-20(22-17-10-8-7-9-16(17)21(23)24)15-11-12-18(26-6-2)19(13-15)25-4/h7-14,20,22H,5-6H2,1-4H3/t14-,20+/m1/s1. The summed E-state index contributed by atoms with van der Waals surface area (Å²) in [7, 11) is 1.63. The number of hydrogen-bond donors (Lipinski definition) is 1. The highest BCUT2D eigenvalue weighted by Gasteiger charge is 2.35. The monoisotopic (exact) mass is 354 g/mol. The van der Waals surface area contributed by atoms with Crippen molar-refractivity contribution in [3.05, 3.63) is 53.6 Å². The Balaban J connectivity index is 2.05. The summed E-state index contributed by atoms with van der Waals surface area (Å²) in [6.45, 7) is 6.68. The van der Waals surface area contributed by atoms with Crippen LogP contribution in [0.2, 0.25) is 0 Å². The first-order valence-corrected chi connectivity index (χ1v) is 9.09. The lowest BCUT2D eigenvalue weighted by molar-refractivity contribution is 0.0593. The molecule has 2 atom stereocenters. The van der Waals surface area contributed by atoms with Crippen LogP contribution in [0.3, 0.4) is 0 Å². The third kappa shape index (κ3) is 3.21. The molecule has 138 valence electrons. The van der Waals surface area contributed by atoms with Crippen LogP contribution in [0.5, 0.6) is 11.5 Å². The van der Waals surface area contributed by atoms with Gasteiger partial charge in [0.1, 0.15) is 6.17 Å². The molecule has 2 aromatic rings. The fourth-order valence-electron chi connectivity index (χ4n) is 3.29. The van der Waals surface area contributed by atoms with E-state index in [0.717, 1.165) is 17.7 Å². The topological polar surface area (TPSA) is 50.8 Å². The average Bonchev–Trinajstić information content (AvgIpc) is 2.68. The summed E-state index contributed by atoms with van der Waals surface area (Å²) in [6.07, 6.45) is 0.622. The van der Waals surface area contributed by atoms with Crippen molar-refractivity contribution in [2.75, 3.05) is 19.0 Å². The van der Waals surface area contributed by atoms with E-state index in [2.05, 4.69) is 19.2 Å². The van der Waals surface area contributed by atoms with Gasteiger partial charge in [0.15, 0.2) is 11.5 Å². The van der Waals surface area contributed by atoms with Crippen molar-refractivity contribution in [3.63, 3.8) is 0 Å². The Morgan fingerprint density at radius 3 is 2.62 bits per heavy atom. The van der Waals surface area contributed by atoms with E-state index in [1.54, 1.807) is 7.11 Å². The summed E-state index contributed by atoms with van der Waals surface area (Å²) >= 11 is 0. The minimum atomic E-state index is -0.253. The molecular formula is C21H26N2O3. The maximum atomic E-state index is 13.2. The van der Waals surface area contributed by atoms with Crippen LogP contribution in [0, 0.1) is 0 Å². The van der Waals surface area contributed by atoms with E-state index in [4.69, 9.17) is 9.47 Å². The maximum Gasteiger partial charge on any atom is 0.258 e. The predicted octanol–water partition coefficient (Wildman–Crippen LogP) is 4.46. The van der Waals surface area contributed by atoms with Crippen LogP contribution in [-0.4, -0.2) is 30.6 Å². The lowest BCUT2D eigenvalue weighted by Gasteiger charge is -2.41. The summed E-state index contributed by atoms with van der Waals surface area (Å²) < 4.78 is 11.1. The normalized spacial score (nSPS) is 17.3. The smallest absolute Gasteiger partial charge is 0.258 e. The number of carbonyl (C=O) groups is 1. The lowest BCUT2D eigenvalue weighted by Crippen LogP contribution is -2.47. The Hall–Kier alpha value is -2.69. The van der Waals surface area contributed by atoms with Crippen molar-refractivity contribution in [3.8, 4) is 11.5 Å². The highest BCUT2D eigenvalue weighted by molar-refractivity contribution is 6.01. The summed E-state index contributed by atoms with van der Waals surface area (Å²) in [6, 6.07) is 13.6. The van der Waals surface area contributed by atoms with Crippen LogP contribution < -0.4 is 14.8 Å². The molecule has 2 aromatic carbocycles. The number of amides is 1. The van der Waals surface area contributed by atoms with Crippen LogP contribution in [0.25, 0.3) is 0 Å². The molecule has 5 nitrogen and oxygen atoms in total. The largest absolute Gasteiger partial charge is 0.493 e. The third-order valence-corrected chi connectivity index (χ3v) is 4.83. The van der Waals surface area contributed by atoms with Crippen LogP contribution in [0.15, 0.2) is 42.5 Å². The van der Waals surface area contributed by atoms with Crippen molar-refractivity contribution >= 4 is 11.6 Å². The van der Waals surface area contributed by atoms with Gasteiger partial charge in [-0.15, -0.1) is 0 Å². The van der Waals surface area contributed by atoms with Crippen LogP contribution in [0.1, 0.15) is 49.3 Å². The second-order valence-corrected chi connectivity index (χ2v) is 6.41. The second kappa shape index (κ2) is 7.68. The summed E-state index contributed by atoms with van der Waals surface area (Å²) in [5.74, 6) is 1.42. The van der Waals surface area contributed by atoms with Gasteiger partial charge in [-0.05, 0) is 50.1 Å². The molecule has 1 aliphatic rings. The Bertz CT molecular complexity index is 791. The van der Waals surface area contributed by atoms with E-state index >= 15 is 0 Å². The molecule has 0 saturated heterocycles. The fourth-order valence-corrected chi connectivity index (χ4v) is 3.29. The molecule has 0 saturated carbocycles. The minimum Gasteiger partial charge on any atom is -0.493 e. The Labute approximate surface area is 154 Å². The number of fused-ring (bicyclic) bond motifs is 1. The molecule has 1 heterocycles. The molecule has 3 rings (SSSR count). The second-order valence-electron chi connectivity index (χ2n) is 6.41. The van der Waals surface area contributed by atoms with Gasteiger partial charge in [0.2, 0.25) is 0 Å². The Morgan fingerprint density at radius 1 is 1.15 bits per heavy atom. The van der Waals surface area contributed by atoms with Gasteiger partial charge in [-0.1, -0.05) is 25.1 Å². The van der Waals surface area contributed by atoms with E-state index in [1.165, 1.54) is 0 Å². The van der Waals surface area contributed by atoms with E-state index in [1.807, 2.05) is 54.3 Å². The van der Waals surface area contributed by atoms with E-state index in [9.17, 15) is 4.79 Å². The van der Waals surface area contributed by atoms with Gasteiger partial charge >= 0.3 is 0 Å². The molecule has 0 radical (unpaired) electrons. The number of hydrogen-bond acceptors (Lipinski definition) is 4. The van der Waals surface area contributed by atoms with Gasteiger partial charge < -0.3 is 19.7 Å². The molecule has 0 fully saturated rings. The molecular weight excluding hydrogens is 328 g/mol. The van der Waals surface area contributed by atoms with Crippen LogP contribution in [0.4, 0.5) is 5.69 Å². The van der Waals surface area contributed by atoms with Gasteiger partial charge in [-0.3, -0.25) is 4.79 Å². The molecule has 0 bridgehead atoms. The zero-order valence-corrected chi connectivity index (χ0v) is 15.8. The van der Waals surface area contributed by atoms with Crippen LogP contribution >= 0.6 is 0 Å². The number of carbonyl (C=O) groups excluding carboxylic acids is 1. The number of methoxy groups -OCH3 is 1. The maximum absolute atomic E-state index is 13.2. The lowest BCUT2D eigenvalue weighted by atomic mass is 10.0. The molecule has 1 aliphatic heterocycles. The molecule has 1 amide bonds. The summed E-state index contributed by atoms with van der Waals surface area (Å²) in [5, 5.41) is 3.52. The minimum absolute atomic E-state index is 0.0477. The quantitative estimate of drug-likeness (QED) is 0.832. The van der Waals surface area contributed by atoms with E-state index in [-0.39, 0.29) is 18.1 Å². The van der Waals surface area contributed by atoms with Gasteiger partial charge in [-0.2, -0.15) is 0 Å². The first-order chi connectivity index (χ1) is 12.6. The average molecular weight is 354 g/mol. The molecule has 0 unspecified atom stereocenters. The summed E-state index contributed by atoms with van der Waals surface area (Å²) in [5.41, 5.74) is 2.53. The fraction of sp³-hybridized carbons (Fsp3) is 0.381. The number of anilines is 1. The molecule has 1 N–H and O–H groups in total. The highest BCUT2D eigenvalue weighted by Crippen LogP contribution is 2.38. The number of para-hydroxylation sites is 1. The SMILES string of the molecule is CCOc1ccc([C@H]2Nc3ccccc3C(=O)N2[C@H](C)CC)cc1OC. The van der Waals surface area contributed by atoms with Crippen LogP contribution in [-0.2, 0) is 0 Å². The van der Waals surface area contributed by atoms with Crippen molar-refractivity contribution in [2.45, 2.75) is 39.4 Å². The summed E-state index contributed by atoms with van der Waals surface area (Å²) in [4.78, 5) is 15.1. The third-order valence-electron chi connectivity index (χ3n) is 4.83. The van der Waals surface area contributed by atoms with Gasteiger partial charge in [0.05, 0.1) is 19.3 Å². The van der Waals surface area contributed by atoms with Crippen molar-refractivity contribution in [1.82, 2.24) is 4.90 Å². The number of benzene rings is 2. The first kappa shape index (κ1) is 18.1. The van der Waals surface area contributed by atoms with Crippen molar-refractivity contribution in [2.24, 2.45) is 0 Å². The van der Waals surface area contributed by atoms with Crippen molar-refractivity contribution in [1.29, 1.82) is 0 Å². The Morgan fingerprint density at radius 2 is 1.92 bits per heavy atom. The number of rotatable bonds is 6. The number of nitrogens with zero attached hydrogens (tertiary/aromatic N) is 1. The highest BCUT2D eigenvalue weighted by atomic mass is 16.5. The first-order valence-electron chi connectivity index (χ1n) is 9.09. The zero-order valence-electron chi connectivity index (χ0n) is 15.8. The zero-order chi connectivity index (χ0) is 18.7. The number of nitrogens with one attached hydrogen (secondary N) is 1. The Kier molecular flexibility index (Phi) is 5.35. The molecule has 0 aromatic heterocycles. The molecule has 26 heavy (non-hydrogen) atoms. The van der Waals surface area contributed by atoms with E-state index < -0.39 is 0 Å². The molecule has 5 heteroatoms. The molecule has 0 spiro atoms. The van der Waals surface area contributed by atoms with Crippen molar-refractivity contribution < 1.29 is 14.3 Å². The van der Waals surface area contributed by atoms with Gasteiger partial charge in [0, 0.05) is 11.7 Å². The number of ether oxygens (including phenoxy) is 2. The van der Waals surface area contributed by atoms with Gasteiger partial charge in [0.25, 0.3) is 5.91 Å². The van der Waals surface area contributed by atoms with Gasteiger partial charge in [-0.25, -0.2) is 0 Å². The molecule has 0 aliphatic carbocycles. The predicted molar refractivity (Wildman–Crippen MR) is 103 cm³/mol. The van der Waals surface area contributed by atoms with E-state index in [0.29, 0.717) is 23.7 Å².